The van der Waals surface area contributed by atoms with Crippen LogP contribution in [0.15, 0.2) is 12.1 Å². The van der Waals surface area contributed by atoms with E-state index in [0.29, 0.717) is 11.3 Å². The molecule has 0 aromatic heterocycles. The first-order valence-electron chi connectivity index (χ1n) is 4.71. The van der Waals surface area contributed by atoms with Crippen LogP contribution in [0.3, 0.4) is 0 Å². The van der Waals surface area contributed by atoms with Crippen molar-refractivity contribution in [1.82, 2.24) is 4.90 Å². The quantitative estimate of drug-likeness (QED) is 0.619. The van der Waals surface area contributed by atoms with Crippen LogP contribution < -0.4 is 5.73 Å². The molecule has 14 heavy (non-hydrogen) atoms. The second-order valence-electron chi connectivity index (χ2n) is 3.76. The summed E-state index contributed by atoms with van der Waals surface area (Å²) in [7, 11) is 2.09. The van der Waals surface area contributed by atoms with Crippen LogP contribution in [0.5, 0.6) is 0 Å². The average Bonchev–Trinajstić information content (AvgIpc) is 2.18. The number of benzene rings is 1. The van der Waals surface area contributed by atoms with Crippen LogP contribution in [-0.2, 0) is 13.0 Å². The van der Waals surface area contributed by atoms with Gasteiger partial charge in [-0.3, -0.25) is 0 Å². The summed E-state index contributed by atoms with van der Waals surface area (Å²) in [6, 6.07) is 5.94. The lowest BCUT2D eigenvalue weighted by Crippen LogP contribution is -2.27. The van der Waals surface area contributed by atoms with Crippen LogP contribution in [0.25, 0.3) is 0 Å². The molecule has 0 atom stereocenters. The Kier molecular flexibility index (Phi) is 2.14. The van der Waals surface area contributed by atoms with Gasteiger partial charge >= 0.3 is 0 Å². The lowest BCUT2D eigenvalue weighted by Gasteiger charge is -2.26. The van der Waals surface area contributed by atoms with Crippen LogP contribution in [0, 0.1) is 11.3 Å². The summed E-state index contributed by atoms with van der Waals surface area (Å²) >= 11 is 0. The molecule has 1 aliphatic heterocycles. The molecule has 1 aromatic rings. The van der Waals surface area contributed by atoms with Gasteiger partial charge in [-0.15, -0.1) is 0 Å². The molecule has 0 amide bonds. The standard InChI is InChI=1S/C11H13N3/c1-14-5-4-10-9(7-14)3-2-8(6-12)11(10)13/h2-3H,4-5,7,13H2,1H3. The van der Waals surface area contributed by atoms with Crippen molar-refractivity contribution in [2.45, 2.75) is 13.0 Å². The van der Waals surface area contributed by atoms with E-state index in [9.17, 15) is 0 Å². The fraction of sp³-hybridized carbons (Fsp3) is 0.364. The monoisotopic (exact) mass is 187 g/mol. The van der Waals surface area contributed by atoms with E-state index in [-0.39, 0.29) is 0 Å². The van der Waals surface area contributed by atoms with Gasteiger partial charge in [0.05, 0.1) is 11.3 Å². The third-order valence-corrected chi connectivity index (χ3v) is 2.76. The maximum absolute atomic E-state index is 8.83. The Morgan fingerprint density at radius 3 is 3.00 bits per heavy atom. The molecule has 2 rings (SSSR count). The molecule has 2 N–H and O–H groups in total. The Morgan fingerprint density at radius 2 is 2.29 bits per heavy atom. The molecular formula is C11H13N3. The van der Waals surface area contributed by atoms with Crippen molar-refractivity contribution in [2.75, 3.05) is 19.3 Å². The van der Waals surface area contributed by atoms with Gasteiger partial charge in [-0.25, -0.2) is 0 Å². The summed E-state index contributed by atoms with van der Waals surface area (Å²) in [4.78, 5) is 2.26. The topological polar surface area (TPSA) is 53.0 Å². The first-order chi connectivity index (χ1) is 6.72. The number of rotatable bonds is 0. The van der Waals surface area contributed by atoms with E-state index in [1.54, 1.807) is 0 Å². The molecule has 1 heterocycles. The minimum Gasteiger partial charge on any atom is -0.397 e. The second kappa shape index (κ2) is 3.32. The molecule has 0 bridgehead atoms. The van der Waals surface area contributed by atoms with E-state index in [1.807, 2.05) is 12.1 Å². The lowest BCUT2D eigenvalue weighted by atomic mass is 9.95. The van der Waals surface area contributed by atoms with Gasteiger partial charge < -0.3 is 10.6 Å². The minimum atomic E-state index is 0.605. The number of fused-ring (bicyclic) bond motifs is 1. The highest BCUT2D eigenvalue weighted by atomic mass is 15.1. The van der Waals surface area contributed by atoms with E-state index in [0.717, 1.165) is 19.5 Å². The summed E-state index contributed by atoms with van der Waals surface area (Å²) in [5.41, 5.74) is 9.63. The molecule has 0 spiro atoms. The number of nitrogens with two attached hydrogens (primary N) is 1. The van der Waals surface area contributed by atoms with Crippen LogP contribution in [-0.4, -0.2) is 18.5 Å². The highest BCUT2D eigenvalue weighted by Gasteiger charge is 2.16. The van der Waals surface area contributed by atoms with Gasteiger partial charge in [0.1, 0.15) is 6.07 Å². The molecular weight excluding hydrogens is 174 g/mol. The molecule has 0 fully saturated rings. The molecule has 72 valence electrons. The van der Waals surface area contributed by atoms with Gasteiger partial charge in [-0.1, -0.05) is 6.07 Å². The van der Waals surface area contributed by atoms with Crippen molar-refractivity contribution in [2.24, 2.45) is 0 Å². The summed E-state index contributed by atoms with van der Waals surface area (Å²) in [5, 5.41) is 8.83. The Hall–Kier alpha value is -1.53. The van der Waals surface area contributed by atoms with E-state index in [2.05, 4.69) is 18.0 Å². The van der Waals surface area contributed by atoms with Crippen LogP contribution in [0.4, 0.5) is 5.69 Å². The second-order valence-corrected chi connectivity index (χ2v) is 3.76. The van der Waals surface area contributed by atoms with Crippen molar-refractivity contribution in [1.29, 1.82) is 5.26 Å². The summed E-state index contributed by atoms with van der Waals surface area (Å²) in [6.45, 7) is 1.96. The van der Waals surface area contributed by atoms with E-state index in [4.69, 9.17) is 11.0 Å². The third-order valence-electron chi connectivity index (χ3n) is 2.76. The largest absolute Gasteiger partial charge is 0.397 e. The smallest absolute Gasteiger partial charge is 0.101 e. The van der Waals surface area contributed by atoms with Crippen LogP contribution in [0.2, 0.25) is 0 Å². The summed E-state index contributed by atoms with van der Waals surface area (Å²) < 4.78 is 0. The number of nitrogens with zero attached hydrogens (tertiary/aromatic N) is 2. The van der Waals surface area contributed by atoms with Crippen molar-refractivity contribution < 1.29 is 0 Å². The van der Waals surface area contributed by atoms with Gasteiger partial charge in [0, 0.05) is 13.1 Å². The molecule has 0 saturated carbocycles. The van der Waals surface area contributed by atoms with Gasteiger partial charge in [0.25, 0.3) is 0 Å². The summed E-state index contributed by atoms with van der Waals surface area (Å²) in [6.07, 6.45) is 0.952. The predicted octanol–water partition coefficient (Wildman–Crippen LogP) is 1.13. The van der Waals surface area contributed by atoms with Crippen LogP contribution in [0.1, 0.15) is 16.7 Å². The maximum atomic E-state index is 8.83. The Labute approximate surface area is 83.7 Å². The van der Waals surface area contributed by atoms with Gasteiger partial charge in [-0.2, -0.15) is 5.26 Å². The zero-order valence-corrected chi connectivity index (χ0v) is 8.25. The number of nitriles is 1. The van der Waals surface area contributed by atoms with Gasteiger partial charge in [0.15, 0.2) is 0 Å². The highest BCUT2D eigenvalue weighted by molar-refractivity contribution is 5.62. The van der Waals surface area contributed by atoms with Crippen molar-refractivity contribution in [3.05, 3.63) is 28.8 Å². The predicted molar refractivity (Wildman–Crippen MR) is 55.6 cm³/mol. The third kappa shape index (κ3) is 1.34. The fourth-order valence-corrected chi connectivity index (χ4v) is 1.92. The number of hydrogen-bond donors (Lipinski definition) is 1. The number of anilines is 1. The normalized spacial score (nSPS) is 16.0. The first kappa shape index (κ1) is 9.04. The number of hydrogen-bond acceptors (Lipinski definition) is 3. The van der Waals surface area contributed by atoms with E-state index in [1.165, 1.54) is 11.1 Å². The average molecular weight is 187 g/mol. The highest BCUT2D eigenvalue weighted by Crippen LogP contribution is 2.26. The molecule has 3 heteroatoms. The zero-order chi connectivity index (χ0) is 10.1. The Bertz CT molecular complexity index is 404. The zero-order valence-electron chi connectivity index (χ0n) is 8.25. The van der Waals surface area contributed by atoms with Crippen molar-refractivity contribution >= 4 is 5.69 Å². The Morgan fingerprint density at radius 1 is 1.50 bits per heavy atom. The van der Waals surface area contributed by atoms with Crippen LogP contribution >= 0.6 is 0 Å². The molecule has 0 aliphatic carbocycles. The molecule has 3 nitrogen and oxygen atoms in total. The maximum Gasteiger partial charge on any atom is 0.101 e. The van der Waals surface area contributed by atoms with E-state index < -0.39 is 0 Å². The van der Waals surface area contributed by atoms with E-state index >= 15 is 0 Å². The number of likely N-dealkylation sites (N-methyl/N-ethyl adjacent to an activating group) is 1. The molecule has 0 radical (unpaired) electrons. The fourth-order valence-electron chi connectivity index (χ4n) is 1.92. The molecule has 0 saturated heterocycles. The van der Waals surface area contributed by atoms with Crippen molar-refractivity contribution in [3.63, 3.8) is 0 Å². The van der Waals surface area contributed by atoms with Gasteiger partial charge in [-0.05, 0) is 30.7 Å². The first-order valence-corrected chi connectivity index (χ1v) is 4.71. The minimum absolute atomic E-state index is 0.605. The lowest BCUT2D eigenvalue weighted by molar-refractivity contribution is 0.313. The molecule has 0 unspecified atom stereocenters. The number of nitrogen functional groups attached to an aromatic ring is 1. The van der Waals surface area contributed by atoms with Gasteiger partial charge in [0.2, 0.25) is 0 Å². The molecule has 1 aliphatic rings. The Balaban J connectivity index is 2.50. The SMILES string of the molecule is CN1CCc2c(ccc(C#N)c2N)C1. The molecule has 1 aromatic carbocycles. The summed E-state index contributed by atoms with van der Waals surface area (Å²) in [5.74, 6) is 0. The van der Waals surface area contributed by atoms with Crippen molar-refractivity contribution in [3.8, 4) is 6.07 Å².